The van der Waals surface area contributed by atoms with Crippen molar-refractivity contribution in [3.63, 3.8) is 0 Å². The van der Waals surface area contributed by atoms with E-state index < -0.39 is 0 Å². The molecule has 150 valence electrons. The minimum absolute atomic E-state index is 0.151. The Labute approximate surface area is 173 Å². The predicted octanol–water partition coefficient (Wildman–Crippen LogP) is 4.41. The molecule has 1 N–H and O–H groups in total. The summed E-state index contributed by atoms with van der Waals surface area (Å²) in [5.41, 5.74) is 6.51. The fourth-order valence-corrected chi connectivity index (χ4v) is 3.90. The minimum atomic E-state index is -0.151. The fourth-order valence-electron chi connectivity index (χ4n) is 3.90. The second-order valence-corrected chi connectivity index (χ2v) is 7.47. The maximum absolute atomic E-state index is 13.1. The van der Waals surface area contributed by atoms with Gasteiger partial charge in [-0.15, -0.1) is 0 Å². The van der Waals surface area contributed by atoms with Gasteiger partial charge in [-0.05, 0) is 30.2 Å². The lowest BCUT2D eigenvalue weighted by atomic mass is 10.1. The Morgan fingerprint density at radius 1 is 1.07 bits per heavy atom. The molecule has 0 aliphatic heterocycles. The van der Waals surface area contributed by atoms with Crippen LogP contribution in [0.3, 0.4) is 0 Å². The van der Waals surface area contributed by atoms with Gasteiger partial charge in [0.2, 0.25) is 0 Å². The zero-order valence-corrected chi connectivity index (χ0v) is 16.9. The summed E-state index contributed by atoms with van der Waals surface area (Å²) in [5.74, 6) is 0.660. The molecule has 0 unspecified atom stereocenters. The van der Waals surface area contributed by atoms with Gasteiger partial charge in [-0.3, -0.25) is 4.79 Å². The van der Waals surface area contributed by atoms with Gasteiger partial charge < -0.3 is 18.9 Å². The maximum Gasteiger partial charge on any atom is 0.268 e. The number of amides is 1. The molecule has 0 aliphatic carbocycles. The number of aromatic nitrogens is 3. The first-order chi connectivity index (χ1) is 14.6. The molecule has 0 spiro atoms. The van der Waals surface area contributed by atoms with E-state index >= 15 is 0 Å². The van der Waals surface area contributed by atoms with Gasteiger partial charge in [0.1, 0.15) is 11.5 Å². The van der Waals surface area contributed by atoms with Gasteiger partial charge in [0.15, 0.2) is 5.58 Å². The van der Waals surface area contributed by atoms with Gasteiger partial charge in [0.25, 0.3) is 5.91 Å². The van der Waals surface area contributed by atoms with Crippen LogP contribution in [-0.2, 0) is 20.1 Å². The lowest BCUT2D eigenvalue weighted by Crippen LogP contribution is -2.27. The third-order valence-electron chi connectivity index (χ3n) is 5.63. The number of hydrogen-bond donors (Lipinski definition) is 1. The highest BCUT2D eigenvalue weighted by Gasteiger charge is 2.19. The van der Waals surface area contributed by atoms with E-state index in [-0.39, 0.29) is 5.91 Å². The number of aryl methyl sites for hydroxylation is 2. The van der Waals surface area contributed by atoms with Crippen LogP contribution in [0, 0.1) is 6.92 Å². The number of rotatable bonds is 5. The Balaban J connectivity index is 1.44. The summed E-state index contributed by atoms with van der Waals surface area (Å²) in [5, 5.41) is 3.02. The van der Waals surface area contributed by atoms with Crippen LogP contribution in [0.4, 0.5) is 0 Å². The number of imidazole rings is 1. The molecule has 0 radical (unpaired) electrons. The average Bonchev–Trinajstić information content (AvgIpc) is 3.43. The Hall–Kier alpha value is -3.80. The molecule has 2 aromatic carbocycles. The Bertz CT molecular complexity index is 1370. The van der Waals surface area contributed by atoms with Crippen LogP contribution in [0.15, 0.2) is 71.3 Å². The van der Waals surface area contributed by atoms with Crippen molar-refractivity contribution in [2.45, 2.75) is 20.0 Å². The van der Waals surface area contributed by atoms with E-state index in [0.29, 0.717) is 24.4 Å². The summed E-state index contributed by atoms with van der Waals surface area (Å²) < 4.78 is 9.57. The van der Waals surface area contributed by atoms with Gasteiger partial charge >= 0.3 is 0 Å². The molecule has 30 heavy (non-hydrogen) atoms. The first kappa shape index (κ1) is 18.2. The van der Waals surface area contributed by atoms with E-state index in [9.17, 15) is 4.79 Å². The first-order valence-corrected chi connectivity index (χ1v) is 9.91. The van der Waals surface area contributed by atoms with Crippen LogP contribution < -0.4 is 5.32 Å². The van der Waals surface area contributed by atoms with Crippen molar-refractivity contribution in [3.8, 4) is 0 Å². The molecule has 3 heterocycles. The van der Waals surface area contributed by atoms with Crippen molar-refractivity contribution < 1.29 is 9.21 Å². The summed E-state index contributed by atoms with van der Waals surface area (Å²) in [7, 11) is 1.96. The van der Waals surface area contributed by atoms with E-state index in [1.807, 2.05) is 58.6 Å². The summed E-state index contributed by atoms with van der Waals surface area (Å²) in [6, 6.07) is 19.9. The Morgan fingerprint density at radius 2 is 1.87 bits per heavy atom. The largest absolute Gasteiger partial charge is 0.463 e. The number of para-hydroxylation sites is 2. The van der Waals surface area contributed by atoms with Gasteiger partial charge in [-0.2, -0.15) is 0 Å². The highest BCUT2D eigenvalue weighted by atomic mass is 16.3. The second kappa shape index (κ2) is 7.22. The van der Waals surface area contributed by atoms with Crippen molar-refractivity contribution >= 4 is 28.0 Å². The van der Waals surface area contributed by atoms with E-state index in [1.165, 1.54) is 11.1 Å². The van der Waals surface area contributed by atoms with Crippen LogP contribution in [-0.4, -0.2) is 20.0 Å². The summed E-state index contributed by atoms with van der Waals surface area (Å²) >= 11 is 0. The average molecular weight is 398 g/mol. The number of nitrogens with one attached hydrogen (secondary N) is 1. The van der Waals surface area contributed by atoms with E-state index in [4.69, 9.17) is 4.42 Å². The van der Waals surface area contributed by atoms with Crippen LogP contribution >= 0.6 is 0 Å². The van der Waals surface area contributed by atoms with Crippen molar-refractivity contribution in [2.24, 2.45) is 7.05 Å². The quantitative estimate of drug-likeness (QED) is 0.477. The zero-order valence-electron chi connectivity index (χ0n) is 16.9. The Morgan fingerprint density at radius 3 is 2.70 bits per heavy atom. The molecule has 6 nitrogen and oxygen atoms in total. The number of fused-ring (bicyclic) bond motifs is 2. The third-order valence-corrected chi connectivity index (χ3v) is 5.63. The number of furan rings is 1. The maximum atomic E-state index is 13.1. The highest BCUT2D eigenvalue weighted by molar-refractivity contribution is 5.97. The van der Waals surface area contributed by atoms with Crippen LogP contribution in [0.5, 0.6) is 0 Å². The number of benzene rings is 2. The van der Waals surface area contributed by atoms with Crippen molar-refractivity contribution in [1.82, 2.24) is 19.4 Å². The number of carbonyl (C=O) groups is 1. The SMILES string of the molecule is Cc1ccccc1Cn1c(C(=O)NCc2nc3ccccc3n2C)cc2occc21. The smallest absolute Gasteiger partial charge is 0.268 e. The lowest BCUT2D eigenvalue weighted by molar-refractivity contribution is 0.0941. The van der Waals surface area contributed by atoms with Crippen molar-refractivity contribution in [1.29, 1.82) is 0 Å². The van der Waals surface area contributed by atoms with Gasteiger partial charge in [0.05, 0.1) is 29.4 Å². The number of nitrogens with zero attached hydrogens (tertiary/aromatic N) is 3. The zero-order chi connectivity index (χ0) is 20.7. The third kappa shape index (κ3) is 3.06. The number of hydrogen-bond acceptors (Lipinski definition) is 3. The van der Waals surface area contributed by atoms with Gasteiger partial charge in [0, 0.05) is 25.7 Å². The molecule has 0 saturated heterocycles. The minimum Gasteiger partial charge on any atom is -0.463 e. The van der Waals surface area contributed by atoms with E-state index in [0.717, 1.165) is 22.4 Å². The standard InChI is InChI=1S/C24H22N4O2/c1-16-7-3-4-8-17(16)15-28-20-11-12-30-22(20)13-21(28)24(29)25-14-23-26-18-9-5-6-10-19(18)27(23)2/h3-13H,14-15H2,1-2H3,(H,25,29). The molecule has 0 atom stereocenters. The lowest BCUT2D eigenvalue weighted by Gasteiger charge is -2.12. The topological polar surface area (TPSA) is 65.0 Å². The molecular formula is C24H22N4O2. The molecule has 0 fully saturated rings. The molecule has 0 saturated carbocycles. The van der Waals surface area contributed by atoms with E-state index in [2.05, 4.69) is 29.4 Å². The molecule has 0 aliphatic rings. The normalized spacial score (nSPS) is 11.4. The van der Waals surface area contributed by atoms with Crippen molar-refractivity contribution in [3.05, 3.63) is 89.6 Å². The highest BCUT2D eigenvalue weighted by Crippen LogP contribution is 2.23. The molecule has 5 aromatic rings. The molecule has 5 rings (SSSR count). The molecule has 1 amide bonds. The molecular weight excluding hydrogens is 376 g/mol. The summed E-state index contributed by atoms with van der Waals surface area (Å²) in [6.07, 6.45) is 1.65. The van der Waals surface area contributed by atoms with Gasteiger partial charge in [-0.1, -0.05) is 36.4 Å². The predicted molar refractivity (Wildman–Crippen MR) is 116 cm³/mol. The monoisotopic (exact) mass is 398 g/mol. The summed E-state index contributed by atoms with van der Waals surface area (Å²) in [4.78, 5) is 17.7. The first-order valence-electron chi connectivity index (χ1n) is 9.91. The second-order valence-electron chi connectivity index (χ2n) is 7.47. The fraction of sp³-hybridized carbons (Fsp3) is 0.167. The Kier molecular flexibility index (Phi) is 4.39. The summed E-state index contributed by atoms with van der Waals surface area (Å²) in [6.45, 7) is 3.03. The van der Waals surface area contributed by atoms with Crippen molar-refractivity contribution in [2.75, 3.05) is 0 Å². The molecule has 6 heteroatoms. The van der Waals surface area contributed by atoms with Crippen LogP contribution in [0.2, 0.25) is 0 Å². The van der Waals surface area contributed by atoms with E-state index in [1.54, 1.807) is 12.3 Å². The van der Waals surface area contributed by atoms with Crippen LogP contribution in [0.25, 0.3) is 22.1 Å². The van der Waals surface area contributed by atoms with Crippen LogP contribution in [0.1, 0.15) is 27.4 Å². The van der Waals surface area contributed by atoms with Gasteiger partial charge in [-0.25, -0.2) is 4.98 Å². The number of carbonyl (C=O) groups excluding carboxylic acids is 1. The molecule has 3 aromatic heterocycles. The molecule has 0 bridgehead atoms.